The maximum Gasteiger partial charge on any atom is 0.135 e. The SMILES string of the molecule is [2H]c1c([2H])c([2H])c2c(c1[2H])-c1c(N(c3c([2H])c([2H])c4c(c3[2H])C(C)(C)CCC4(C)C)c3c([2H])c([2H])c4oc5c([2H])c([2H])c([2H])c([2H])c5c4c3[2H])c([2H])c([2H])c([2H])c1C21C2CC3CC(C2)CC1C3. The first-order valence-corrected chi connectivity index (χ1v) is 17.9. The predicted octanol–water partition coefficient (Wildman–Crippen LogP) is 13.1. The Hall–Kier alpha value is -4.30. The Kier molecular flexibility index (Phi) is 3.43. The Bertz CT molecular complexity index is 3290. The topological polar surface area (TPSA) is 16.4 Å². The monoisotopic (exact) mass is 670 g/mol. The fraction of sp³-hybridized carbons (Fsp3) is 0.375. The van der Waals surface area contributed by atoms with E-state index >= 15 is 0 Å². The van der Waals surface area contributed by atoms with Crippen LogP contribution in [0.5, 0.6) is 0 Å². The Morgan fingerprint density at radius 1 is 0.580 bits per heavy atom. The van der Waals surface area contributed by atoms with Crippen LogP contribution < -0.4 is 4.90 Å². The lowest BCUT2D eigenvalue weighted by atomic mass is 9.43. The van der Waals surface area contributed by atoms with E-state index in [0.717, 1.165) is 11.3 Å². The lowest BCUT2D eigenvalue weighted by Crippen LogP contribution is -2.55. The number of hydrogen-bond acceptors (Lipinski definition) is 2. The Balaban J connectivity index is 1.39. The minimum atomic E-state index is -1.21. The number of anilines is 3. The maximum absolute atomic E-state index is 10.3. The standard InChI is InChI=1S/C48H47NO/c1-46(2)20-21-47(3,4)41-28-34(16-18-39(41)46)49(33-17-19-44-37(27-33)35-10-6-8-15-43(35)50-44)42-14-9-13-40-45(42)36-11-5-7-12-38(36)48(40)31-23-29-22-30(25-31)26-32(48)24-29/h5-19,27-32H,20-26H2,1-4H3/i5D,6D,7D,8D,9D,10D,11D,12D,13D,14D,15D,16D,17D,18D,19D,27D,28D. The first-order valence-electron chi connectivity index (χ1n) is 26.4. The van der Waals surface area contributed by atoms with Gasteiger partial charge in [-0.3, -0.25) is 0 Å². The van der Waals surface area contributed by atoms with Crippen LogP contribution in [0, 0.1) is 23.7 Å². The summed E-state index contributed by atoms with van der Waals surface area (Å²) in [5, 5.41) is -0.559. The molecule has 6 aromatic rings. The Labute approximate surface area is 320 Å². The molecule has 4 bridgehead atoms. The van der Waals surface area contributed by atoms with Crippen LogP contribution in [0.3, 0.4) is 0 Å². The van der Waals surface area contributed by atoms with Crippen molar-refractivity contribution in [2.45, 2.75) is 88.9 Å². The van der Waals surface area contributed by atoms with E-state index in [9.17, 15) is 15.1 Å². The average Bonchev–Trinajstić information content (AvgIpc) is 3.83. The summed E-state index contributed by atoms with van der Waals surface area (Å²) in [6, 6.07) is -9.01. The van der Waals surface area contributed by atoms with Crippen molar-refractivity contribution in [3.05, 3.63) is 125 Å². The van der Waals surface area contributed by atoms with E-state index in [1.54, 1.807) is 0 Å². The lowest BCUT2D eigenvalue weighted by molar-refractivity contribution is -0.0399. The van der Waals surface area contributed by atoms with Crippen LogP contribution in [-0.4, -0.2) is 0 Å². The summed E-state index contributed by atoms with van der Waals surface area (Å²) in [4.78, 5) is 1.10. The number of nitrogens with zero attached hydrogens (tertiary/aromatic N) is 1. The van der Waals surface area contributed by atoms with E-state index in [1.165, 1.54) is 0 Å². The quantitative estimate of drug-likeness (QED) is 0.186. The van der Waals surface area contributed by atoms with E-state index < -0.39 is 106 Å². The molecular weight excluding hydrogens is 607 g/mol. The summed E-state index contributed by atoms with van der Waals surface area (Å²) in [7, 11) is 0. The minimum Gasteiger partial charge on any atom is -0.456 e. The van der Waals surface area contributed by atoms with Gasteiger partial charge in [-0.15, -0.1) is 0 Å². The van der Waals surface area contributed by atoms with Gasteiger partial charge in [0.1, 0.15) is 11.2 Å². The average molecular weight is 671 g/mol. The van der Waals surface area contributed by atoms with Gasteiger partial charge in [0.2, 0.25) is 0 Å². The molecule has 1 heterocycles. The molecule has 1 spiro atoms. The zero-order valence-corrected chi connectivity index (χ0v) is 28.6. The van der Waals surface area contributed by atoms with Crippen molar-refractivity contribution in [2.75, 3.05) is 4.90 Å². The zero-order valence-electron chi connectivity index (χ0n) is 45.6. The van der Waals surface area contributed by atoms with Gasteiger partial charge < -0.3 is 9.32 Å². The molecule has 6 aliphatic carbocycles. The van der Waals surface area contributed by atoms with Crippen molar-refractivity contribution < 1.29 is 27.7 Å². The summed E-state index contributed by atoms with van der Waals surface area (Å²) in [6.07, 6.45) is 5.06. The highest BCUT2D eigenvalue weighted by atomic mass is 16.3. The summed E-state index contributed by atoms with van der Waals surface area (Å²) in [6.45, 7) is 7.73. The molecule has 4 fully saturated rings. The summed E-state index contributed by atoms with van der Waals surface area (Å²) < 4.78 is 167. The first kappa shape index (κ1) is 17.3. The second kappa shape index (κ2) is 9.93. The smallest absolute Gasteiger partial charge is 0.135 e. The van der Waals surface area contributed by atoms with Gasteiger partial charge in [0.25, 0.3) is 0 Å². The van der Waals surface area contributed by atoms with Gasteiger partial charge in [0.15, 0.2) is 0 Å². The van der Waals surface area contributed by atoms with E-state index in [1.807, 2.05) is 27.7 Å². The third kappa shape index (κ3) is 3.81. The van der Waals surface area contributed by atoms with E-state index in [4.69, 9.17) is 12.6 Å². The van der Waals surface area contributed by atoms with Crippen molar-refractivity contribution >= 4 is 39.0 Å². The van der Waals surface area contributed by atoms with Crippen LogP contribution in [0.2, 0.25) is 0 Å². The summed E-state index contributed by atoms with van der Waals surface area (Å²) in [5.74, 6) is 0.287. The van der Waals surface area contributed by atoms with Crippen molar-refractivity contribution in [1.82, 2.24) is 0 Å². The number of benzene rings is 5. The molecule has 0 N–H and O–H groups in total. The van der Waals surface area contributed by atoms with E-state index in [-0.39, 0.29) is 86.0 Å². The second-order valence-electron chi connectivity index (χ2n) is 16.7. The van der Waals surface area contributed by atoms with Crippen molar-refractivity contribution in [3.8, 4) is 11.1 Å². The fourth-order valence-electron chi connectivity index (χ4n) is 10.9. The van der Waals surface area contributed by atoms with Gasteiger partial charge in [-0.05, 0) is 150 Å². The molecule has 1 aromatic heterocycles. The van der Waals surface area contributed by atoms with Crippen LogP contribution >= 0.6 is 0 Å². The Morgan fingerprint density at radius 3 is 2.02 bits per heavy atom. The van der Waals surface area contributed by atoms with E-state index in [0.29, 0.717) is 61.5 Å². The molecule has 0 unspecified atom stereocenters. The van der Waals surface area contributed by atoms with Crippen molar-refractivity contribution in [3.63, 3.8) is 0 Å². The number of fused-ring (bicyclic) bond motifs is 7. The van der Waals surface area contributed by atoms with Gasteiger partial charge in [-0.25, -0.2) is 0 Å². The molecular formula is C48H47NO. The highest BCUT2D eigenvalue weighted by molar-refractivity contribution is 6.07. The molecule has 50 heavy (non-hydrogen) atoms. The van der Waals surface area contributed by atoms with Gasteiger partial charge in [0, 0.05) is 33.1 Å². The van der Waals surface area contributed by atoms with E-state index in [2.05, 4.69) is 0 Å². The molecule has 4 saturated carbocycles. The molecule has 2 nitrogen and oxygen atoms in total. The maximum atomic E-state index is 10.3. The van der Waals surface area contributed by atoms with Gasteiger partial charge in [-0.1, -0.05) is 88.1 Å². The number of para-hydroxylation sites is 1. The van der Waals surface area contributed by atoms with Crippen LogP contribution in [0.1, 0.15) is 118 Å². The van der Waals surface area contributed by atoms with Crippen molar-refractivity contribution in [1.29, 1.82) is 0 Å². The minimum absolute atomic E-state index is 0.00725. The van der Waals surface area contributed by atoms with Crippen LogP contribution in [-0.2, 0) is 16.2 Å². The molecule has 5 aromatic carbocycles. The van der Waals surface area contributed by atoms with Gasteiger partial charge in [0.05, 0.1) is 29.0 Å². The summed E-state index contributed by atoms with van der Waals surface area (Å²) >= 11 is 0. The molecule has 2 heteroatoms. The fourth-order valence-corrected chi connectivity index (χ4v) is 10.9. The first-order chi connectivity index (χ1) is 31.3. The zero-order chi connectivity index (χ0) is 48.4. The van der Waals surface area contributed by atoms with Gasteiger partial charge in [-0.2, -0.15) is 0 Å². The number of hydrogen-bond donors (Lipinski definition) is 0. The molecule has 0 atom stereocenters. The summed E-state index contributed by atoms with van der Waals surface area (Å²) in [5.41, 5.74) is -3.40. The third-order valence-corrected chi connectivity index (χ3v) is 13.1. The molecule has 0 radical (unpaired) electrons. The van der Waals surface area contributed by atoms with Crippen LogP contribution in [0.15, 0.2) is 107 Å². The molecule has 0 saturated heterocycles. The normalized spacial score (nSPS) is 32.6. The van der Waals surface area contributed by atoms with Crippen molar-refractivity contribution in [2.24, 2.45) is 23.7 Å². The third-order valence-electron chi connectivity index (χ3n) is 13.1. The molecule has 12 rings (SSSR count). The predicted molar refractivity (Wildman–Crippen MR) is 207 cm³/mol. The second-order valence-corrected chi connectivity index (χ2v) is 16.7. The molecule has 0 amide bonds. The highest BCUT2D eigenvalue weighted by Crippen LogP contribution is 2.70. The molecule has 250 valence electrons. The van der Waals surface area contributed by atoms with Gasteiger partial charge >= 0.3 is 0 Å². The molecule has 6 aliphatic rings. The largest absolute Gasteiger partial charge is 0.456 e. The lowest BCUT2D eigenvalue weighted by Gasteiger charge is -2.61. The van der Waals surface area contributed by atoms with Crippen LogP contribution in [0.25, 0.3) is 33.1 Å². The Morgan fingerprint density at radius 2 is 1.22 bits per heavy atom. The number of furan rings is 1. The van der Waals surface area contributed by atoms with Crippen LogP contribution in [0.4, 0.5) is 17.1 Å². The number of rotatable bonds is 3. The molecule has 0 aliphatic heterocycles. The highest BCUT2D eigenvalue weighted by Gasteiger charge is 2.61.